The van der Waals surface area contributed by atoms with Gasteiger partial charge in [0.1, 0.15) is 12.2 Å². The molecular formula is C10H19F2NO3. The van der Waals surface area contributed by atoms with E-state index in [1.54, 1.807) is 0 Å². The van der Waals surface area contributed by atoms with E-state index in [-0.39, 0.29) is 6.54 Å². The minimum absolute atomic E-state index is 0.173. The molecule has 1 N–H and O–H groups in total. The van der Waals surface area contributed by atoms with Gasteiger partial charge in [0.15, 0.2) is 0 Å². The SMILES string of the molecule is CC.COC1CN(C(=O)C(C)O)CC1(F)F. The second-order valence-corrected chi connectivity index (χ2v) is 3.38. The first-order valence-electron chi connectivity index (χ1n) is 5.26. The van der Waals surface area contributed by atoms with Crippen LogP contribution >= 0.6 is 0 Å². The number of amides is 1. The zero-order valence-corrected chi connectivity index (χ0v) is 10.0. The molecule has 2 atom stereocenters. The molecule has 6 heteroatoms. The average Bonchev–Trinajstić information content (AvgIpc) is 2.55. The average molecular weight is 239 g/mol. The van der Waals surface area contributed by atoms with Crippen molar-refractivity contribution in [2.24, 2.45) is 0 Å². The topological polar surface area (TPSA) is 49.8 Å². The summed E-state index contributed by atoms with van der Waals surface area (Å²) in [5.74, 6) is -3.72. The van der Waals surface area contributed by atoms with Gasteiger partial charge < -0.3 is 14.7 Å². The number of alkyl halides is 2. The van der Waals surface area contributed by atoms with Crippen LogP contribution in [0, 0.1) is 0 Å². The monoisotopic (exact) mass is 239 g/mol. The Morgan fingerprint density at radius 2 is 2.06 bits per heavy atom. The lowest BCUT2D eigenvalue weighted by molar-refractivity contribution is -0.139. The Morgan fingerprint density at radius 1 is 1.56 bits per heavy atom. The van der Waals surface area contributed by atoms with Crippen LogP contribution in [0.25, 0.3) is 0 Å². The molecule has 0 aromatic carbocycles. The molecule has 0 aliphatic carbocycles. The fourth-order valence-electron chi connectivity index (χ4n) is 1.43. The summed E-state index contributed by atoms with van der Waals surface area (Å²) in [4.78, 5) is 12.1. The fraction of sp³-hybridized carbons (Fsp3) is 0.900. The Bertz CT molecular complexity index is 234. The van der Waals surface area contributed by atoms with Crippen molar-refractivity contribution < 1.29 is 23.4 Å². The summed E-state index contributed by atoms with van der Waals surface area (Å²) in [6, 6.07) is 0. The number of hydrogen-bond donors (Lipinski definition) is 1. The van der Waals surface area contributed by atoms with Gasteiger partial charge in [-0.25, -0.2) is 8.78 Å². The third-order valence-corrected chi connectivity index (χ3v) is 2.21. The molecule has 1 amide bonds. The van der Waals surface area contributed by atoms with E-state index in [0.717, 1.165) is 4.90 Å². The van der Waals surface area contributed by atoms with Gasteiger partial charge in [0.25, 0.3) is 11.8 Å². The Hall–Kier alpha value is -0.750. The van der Waals surface area contributed by atoms with Gasteiger partial charge in [0.2, 0.25) is 0 Å². The highest BCUT2D eigenvalue weighted by Crippen LogP contribution is 2.29. The number of rotatable bonds is 2. The van der Waals surface area contributed by atoms with E-state index in [0.29, 0.717) is 0 Å². The maximum absolute atomic E-state index is 13.1. The van der Waals surface area contributed by atoms with E-state index in [1.807, 2.05) is 13.8 Å². The van der Waals surface area contributed by atoms with Crippen molar-refractivity contribution >= 4 is 5.91 Å². The van der Waals surface area contributed by atoms with Gasteiger partial charge in [-0.15, -0.1) is 0 Å². The number of methoxy groups -OCH3 is 1. The van der Waals surface area contributed by atoms with Crippen LogP contribution in [0.15, 0.2) is 0 Å². The van der Waals surface area contributed by atoms with Gasteiger partial charge in [0.05, 0.1) is 13.1 Å². The van der Waals surface area contributed by atoms with Crippen molar-refractivity contribution in [3.05, 3.63) is 0 Å². The number of ether oxygens (including phenoxy) is 1. The summed E-state index contributed by atoms with van der Waals surface area (Å²) < 4.78 is 30.7. The standard InChI is InChI=1S/C8H13F2NO3.C2H6/c1-5(12)7(13)11-3-6(14-2)8(9,10)4-11;1-2/h5-6,12H,3-4H2,1-2H3;1-2H3. The zero-order chi connectivity index (χ0) is 12.9. The second kappa shape index (κ2) is 6.10. The Morgan fingerprint density at radius 3 is 2.38 bits per heavy atom. The smallest absolute Gasteiger partial charge is 0.292 e. The van der Waals surface area contributed by atoms with Crippen molar-refractivity contribution in [3.63, 3.8) is 0 Å². The summed E-state index contributed by atoms with van der Waals surface area (Å²) in [7, 11) is 1.18. The van der Waals surface area contributed by atoms with Crippen molar-refractivity contribution in [1.82, 2.24) is 4.90 Å². The Balaban J connectivity index is 0.00000106. The lowest BCUT2D eigenvalue weighted by Crippen LogP contribution is -2.37. The highest BCUT2D eigenvalue weighted by atomic mass is 19.3. The molecule has 4 nitrogen and oxygen atoms in total. The number of halogens is 2. The molecule has 1 aliphatic heterocycles. The molecule has 0 spiro atoms. The van der Waals surface area contributed by atoms with Gasteiger partial charge in [-0.3, -0.25) is 4.79 Å². The number of hydrogen-bond acceptors (Lipinski definition) is 3. The van der Waals surface area contributed by atoms with Crippen LogP contribution in [0.1, 0.15) is 20.8 Å². The molecule has 1 saturated heterocycles. The van der Waals surface area contributed by atoms with Crippen LogP contribution in [0.2, 0.25) is 0 Å². The molecule has 2 unspecified atom stereocenters. The van der Waals surface area contributed by atoms with Crippen LogP contribution in [-0.4, -0.2) is 54.2 Å². The lowest BCUT2D eigenvalue weighted by atomic mass is 10.2. The van der Waals surface area contributed by atoms with Crippen LogP contribution in [0.3, 0.4) is 0 Å². The van der Waals surface area contributed by atoms with E-state index < -0.39 is 30.6 Å². The van der Waals surface area contributed by atoms with Gasteiger partial charge in [-0.2, -0.15) is 0 Å². The molecule has 1 aliphatic rings. The number of aliphatic hydroxyl groups is 1. The summed E-state index contributed by atoms with van der Waals surface area (Å²) in [6.45, 7) is 4.39. The third kappa shape index (κ3) is 3.38. The number of carbonyl (C=O) groups excluding carboxylic acids is 1. The quantitative estimate of drug-likeness (QED) is 0.778. The second-order valence-electron chi connectivity index (χ2n) is 3.38. The molecule has 0 bridgehead atoms. The molecule has 1 fully saturated rings. The van der Waals surface area contributed by atoms with Gasteiger partial charge in [-0.1, -0.05) is 13.8 Å². The highest BCUT2D eigenvalue weighted by molar-refractivity contribution is 5.80. The summed E-state index contributed by atoms with van der Waals surface area (Å²) in [5.41, 5.74) is 0. The summed E-state index contributed by atoms with van der Waals surface area (Å²) >= 11 is 0. The van der Waals surface area contributed by atoms with Gasteiger partial charge in [-0.05, 0) is 6.92 Å². The first-order chi connectivity index (χ1) is 7.38. The van der Waals surface area contributed by atoms with Crippen LogP contribution in [0.5, 0.6) is 0 Å². The van der Waals surface area contributed by atoms with E-state index in [9.17, 15) is 13.6 Å². The number of carbonyl (C=O) groups is 1. The minimum Gasteiger partial charge on any atom is -0.384 e. The first kappa shape index (κ1) is 15.2. The zero-order valence-electron chi connectivity index (χ0n) is 10.0. The highest BCUT2D eigenvalue weighted by Gasteiger charge is 2.50. The maximum Gasteiger partial charge on any atom is 0.292 e. The molecule has 0 radical (unpaired) electrons. The fourth-order valence-corrected chi connectivity index (χ4v) is 1.43. The van der Waals surface area contributed by atoms with E-state index in [4.69, 9.17) is 5.11 Å². The predicted molar refractivity (Wildman–Crippen MR) is 55.4 cm³/mol. The largest absolute Gasteiger partial charge is 0.384 e. The molecule has 16 heavy (non-hydrogen) atoms. The Kier molecular flexibility index (Phi) is 5.81. The van der Waals surface area contributed by atoms with Crippen LogP contribution in [0.4, 0.5) is 8.78 Å². The number of aliphatic hydroxyl groups excluding tert-OH is 1. The van der Waals surface area contributed by atoms with Crippen LogP contribution < -0.4 is 0 Å². The normalized spacial score (nSPS) is 24.7. The summed E-state index contributed by atoms with van der Waals surface area (Å²) in [6.07, 6.45) is -2.52. The van der Waals surface area contributed by atoms with Crippen LogP contribution in [-0.2, 0) is 9.53 Å². The number of nitrogens with zero attached hydrogens (tertiary/aromatic N) is 1. The van der Waals surface area contributed by atoms with Gasteiger partial charge >= 0.3 is 0 Å². The molecular weight excluding hydrogens is 220 g/mol. The maximum atomic E-state index is 13.1. The van der Waals surface area contributed by atoms with E-state index in [1.165, 1.54) is 14.0 Å². The van der Waals surface area contributed by atoms with Crippen molar-refractivity contribution in [3.8, 4) is 0 Å². The van der Waals surface area contributed by atoms with E-state index >= 15 is 0 Å². The molecule has 1 heterocycles. The molecule has 0 aromatic heterocycles. The van der Waals surface area contributed by atoms with Crippen molar-refractivity contribution in [1.29, 1.82) is 0 Å². The van der Waals surface area contributed by atoms with Gasteiger partial charge in [0, 0.05) is 7.11 Å². The first-order valence-corrected chi connectivity index (χ1v) is 5.26. The van der Waals surface area contributed by atoms with Crippen molar-refractivity contribution in [2.75, 3.05) is 20.2 Å². The Labute approximate surface area is 94.2 Å². The predicted octanol–water partition coefficient (Wildman–Crippen LogP) is 0.886. The third-order valence-electron chi connectivity index (χ3n) is 2.21. The van der Waals surface area contributed by atoms with E-state index in [2.05, 4.69) is 4.74 Å². The molecule has 1 rings (SSSR count). The molecule has 96 valence electrons. The molecule has 0 saturated carbocycles. The lowest BCUT2D eigenvalue weighted by Gasteiger charge is -2.16. The number of likely N-dealkylation sites (tertiary alicyclic amines) is 1. The van der Waals surface area contributed by atoms with Crippen molar-refractivity contribution in [2.45, 2.75) is 38.9 Å². The minimum atomic E-state index is -3.03. The summed E-state index contributed by atoms with van der Waals surface area (Å²) in [5, 5.41) is 8.93. The molecule has 0 aromatic rings.